The number of guanidine groups is 1. The summed E-state index contributed by atoms with van der Waals surface area (Å²) in [5.74, 6) is 0.106. The average molecular weight is 320 g/mol. The van der Waals surface area contributed by atoms with E-state index in [9.17, 15) is 0 Å². The molecular weight excluding hydrogens is 301 g/mol. The largest absolute Gasteiger partial charge is 0.367 e. The molecular formula is C19H19N3P+. The van der Waals surface area contributed by atoms with E-state index in [0.29, 0.717) is 0 Å². The Hall–Kier alpha value is -2.64. The standard InChI is InChI=1S/C19H19N3P/c20-19(21)22-23(16-10-4-1-5-11-16,17-12-6-2-7-13-17)18-14-8-3-9-15-18/h1-15H,(H4,20,21,22)/q+1. The van der Waals surface area contributed by atoms with Crippen LogP contribution in [0.1, 0.15) is 0 Å². The summed E-state index contributed by atoms with van der Waals surface area (Å²) in [6.45, 7) is 0. The fourth-order valence-corrected chi connectivity index (χ4v) is 6.12. The number of nitrogens with two attached hydrogens (primary N) is 2. The second-order valence-corrected chi connectivity index (χ2v) is 8.19. The maximum absolute atomic E-state index is 5.85. The number of nitrogens with zero attached hydrogens (tertiary/aromatic N) is 1. The van der Waals surface area contributed by atoms with Gasteiger partial charge in [0.1, 0.15) is 15.9 Å². The van der Waals surface area contributed by atoms with Crippen LogP contribution in [-0.4, -0.2) is 5.96 Å². The minimum Gasteiger partial charge on any atom is -0.367 e. The minimum absolute atomic E-state index is 0.106. The summed E-state index contributed by atoms with van der Waals surface area (Å²) in [6, 6.07) is 30.8. The molecule has 0 aromatic heterocycles. The van der Waals surface area contributed by atoms with Gasteiger partial charge >= 0.3 is 0 Å². The van der Waals surface area contributed by atoms with E-state index in [1.165, 1.54) is 0 Å². The quantitative estimate of drug-likeness (QED) is 0.440. The second-order valence-electron chi connectivity index (χ2n) is 5.17. The van der Waals surface area contributed by atoms with Crippen molar-refractivity contribution < 1.29 is 0 Å². The second kappa shape index (κ2) is 6.64. The van der Waals surface area contributed by atoms with Crippen LogP contribution in [0.3, 0.4) is 0 Å². The van der Waals surface area contributed by atoms with Crippen molar-refractivity contribution in [2.45, 2.75) is 0 Å². The highest BCUT2D eigenvalue weighted by atomic mass is 31.2. The minimum atomic E-state index is -2.27. The third-order valence-corrected chi connectivity index (χ3v) is 7.32. The maximum Gasteiger partial charge on any atom is 0.234 e. The molecule has 0 atom stereocenters. The van der Waals surface area contributed by atoms with Crippen LogP contribution in [-0.2, 0) is 0 Å². The van der Waals surface area contributed by atoms with Crippen LogP contribution in [0, 0.1) is 0 Å². The Morgan fingerprint density at radius 3 is 1.13 bits per heavy atom. The highest BCUT2D eigenvalue weighted by Crippen LogP contribution is 2.56. The fourth-order valence-electron chi connectivity index (χ4n) is 2.72. The van der Waals surface area contributed by atoms with Crippen LogP contribution in [0.15, 0.2) is 95.8 Å². The van der Waals surface area contributed by atoms with Gasteiger partial charge in [0.25, 0.3) is 0 Å². The molecule has 3 rings (SSSR count). The molecule has 0 aliphatic carbocycles. The van der Waals surface area contributed by atoms with Gasteiger partial charge in [-0.3, -0.25) is 0 Å². The number of hydrogen-bond donors (Lipinski definition) is 2. The lowest BCUT2D eigenvalue weighted by Gasteiger charge is -2.21. The van der Waals surface area contributed by atoms with E-state index in [2.05, 4.69) is 36.4 Å². The molecule has 114 valence electrons. The van der Waals surface area contributed by atoms with Crippen molar-refractivity contribution >= 4 is 29.3 Å². The molecule has 4 N–H and O–H groups in total. The fraction of sp³-hybridized carbons (Fsp3) is 0. The van der Waals surface area contributed by atoms with Crippen LogP contribution in [0.2, 0.25) is 0 Å². The van der Waals surface area contributed by atoms with E-state index in [4.69, 9.17) is 16.2 Å². The molecule has 3 aromatic carbocycles. The Morgan fingerprint density at radius 1 is 0.565 bits per heavy atom. The number of rotatable bonds is 4. The molecule has 0 bridgehead atoms. The van der Waals surface area contributed by atoms with Gasteiger partial charge in [0.05, 0.1) is 0 Å². The molecule has 0 unspecified atom stereocenters. The summed E-state index contributed by atoms with van der Waals surface area (Å²) in [5.41, 5.74) is 11.7. The highest BCUT2D eigenvalue weighted by molar-refractivity contribution is 7.94. The molecule has 0 fully saturated rings. The smallest absolute Gasteiger partial charge is 0.234 e. The SMILES string of the molecule is NC(N)=N[P+](c1ccccc1)(c1ccccc1)c1ccccc1. The summed E-state index contributed by atoms with van der Waals surface area (Å²) in [5, 5.41) is 3.39. The Labute approximate surface area is 137 Å². The monoisotopic (exact) mass is 320 g/mol. The van der Waals surface area contributed by atoms with Gasteiger partial charge in [-0.25, -0.2) is 0 Å². The van der Waals surface area contributed by atoms with Crippen molar-refractivity contribution in [3.05, 3.63) is 91.0 Å². The summed E-state index contributed by atoms with van der Waals surface area (Å²) in [6.07, 6.45) is 0. The first-order valence-electron chi connectivity index (χ1n) is 7.40. The maximum atomic E-state index is 5.85. The average Bonchev–Trinajstić information content (AvgIpc) is 2.62. The molecule has 0 radical (unpaired) electrons. The van der Waals surface area contributed by atoms with E-state index in [1.807, 2.05) is 54.6 Å². The topological polar surface area (TPSA) is 64.4 Å². The van der Waals surface area contributed by atoms with Gasteiger partial charge in [-0.2, -0.15) is 0 Å². The molecule has 0 amide bonds. The molecule has 3 nitrogen and oxygen atoms in total. The van der Waals surface area contributed by atoms with E-state index >= 15 is 0 Å². The Morgan fingerprint density at radius 2 is 0.870 bits per heavy atom. The Kier molecular flexibility index (Phi) is 4.40. The predicted octanol–water partition coefficient (Wildman–Crippen LogP) is 2.17. The van der Waals surface area contributed by atoms with Gasteiger partial charge in [0.15, 0.2) is 0 Å². The van der Waals surface area contributed by atoms with Crippen molar-refractivity contribution in [2.24, 2.45) is 16.2 Å². The van der Waals surface area contributed by atoms with E-state index in [0.717, 1.165) is 15.9 Å². The predicted molar refractivity (Wildman–Crippen MR) is 101 cm³/mol. The van der Waals surface area contributed by atoms with Gasteiger partial charge in [0.2, 0.25) is 13.4 Å². The zero-order valence-electron chi connectivity index (χ0n) is 12.7. The molecule has 4 heteroatoms. The van der Waals surface area contributed by atoms with Gasteiger partial charge in [-0.05, 0) is 36.4 Å². The van der Waals surface area contributed by atoms with E-state index in [-0.39, 0.29) is 5.96 Å². The van der Waals surface area contributed by atoms with Gasteiger partial charge in [-0.1, -0.05) is 59.4 Å². The van der Waals surface area contributed by atoms with Gasteiger partial charge in [-0.15, -0.1) is 0 Å². The number of benzene rings is 3. The van der Waals surface area contributed by atoms with E-state index < -0.39 is 7.41 Å². The summed E-state index contributed by atoms with van der Waals surface area (Å²) in [7, 11) is -2.27. The number of hydrogen-bond acceptors (Lipinski definition) is 1. The summed E-state index contributed by atoms with van der Waals surface area (Å²) in [4.78, 5) is 0. The van der Waals surface area contributed by atoms with Crippen LogP contribution in [0.4, 0.5) is 0 Å². The Bertz CT molecular complexity index is 686. The van der Waals surface area contributed by atoms with Crippen LogP contribution >= 0.6 is 7.41 Å². The van der Waals surface area contributed by atoms with Crippen molar-refractivity contribution in [1.29, 1.82) is 0 Å². The lowest BCUT2D eigenvalue weighted by molar-refractivity contribution is 1.52. The molecule has 0 saturated carbocycles. The molecule has 0 aliphatic heterocycles. The lowest BCUT2D eigenvalue weighted by atomic mass is 10.4. The zero-order valence-corrected chi connectivity index (χ0v) is 13.6. The van der Waals surface area contributed by atoms with Gasteiger partial charge < -0.3 is 11.5 Å². The molecule has 0 spiro atoms. The first-order valence-corrected chi connectivity index (χ1v) is 9.15. The van der Waals surface area contributed by atoms with Crippen LogP contribution in [0.25, 0.3) is 0 Å². The molecule has 3 aromatic rings. The highest BCUT2D eigenvalue weighted by Gasteiger charge is 2.46. The molecule has 0 saturated heterocycles. The van der Waals surface area contributed by atoms with Crippen LogP contribution in [0.5, 0.6) is 0 Å². The van der Waals surface area contributed by atoms with Crippen LogP contribution < -0.4 is 27.4 Å². The normalized spacial score (nSPS) is 11.0. The lowest BCUT2D eigenvalue weighted by Crippen LogP contribution is -2.33. The first kappa shape index (κ1) is 15.3. The zero-order chi connectivity index (χ0) is 16.1. The molecule has 0 aliphatic rings. The molecule has 23 heavy (non-hydrogen) atoms. The Balaban J connectivity index is 2.38. The third kappa shape index (κ3) is 2.96. The van der Waals surface area contributed by atoms with Gasteiger partial charge in [0, 0.05) is 0 Å². The molecule has 0 heterocycles. The van der Waals surface area contributed by atoms with Crippen molar-refractivity contribution in [3.63, 3.8) is 0 Å². The summed E-state index contributed by atoms with van der Waals surface area (Å²) >= 11 is 0. The van der Waals surface area contributed by atoms with Crippen molar-refractivity contribution in [2.75, 3.05) is 0 Å². The van der Waals surface area contributed by atoms with E-state index in [1.54, 1.807) is 0 Å². The third-order valence-electron chi connectivity index (χ3n) is 3.66. The van der Waals surface area contributed by atoms with Crippen molar-refractivity contribution in [1.82, 2.24) is 0 Å². The first-order chi connectivity index (χ1) is 11.2. The van der Waals surface area contributed by atoms with Crippen molar-refractivity contribution in [3.8, 4) is 0 Å². The summed E-state index contributed by atoms with van der Waals surface area (Å²) < 4.78 is 4.80.